The monoisotopic (exact) mass is 381 g/mol. The number of amides is 1. The molecule has 1 N–H and O–H groups in total. The van der Waals surface area contributed by atoms with Gasteiger partial charge in [-0.1, -0.05) is 23.7 Å². The van der Waals surface area contributed by atoms with Gasteiger partial charge < -0.3 is 10.1 Å². The molecular formula is C16H13BrClNO3. The summed E-state index contributed by atoms with van der Waals surface area (Å²) < 4.78 is 5.78. The summed E-state index contributed by atoms with van der Waals surface area (Å²) >= 11 is 9.05. The predicted octanol–water partition coefficient (Wildman–Crippen LogP) is 4.29. The number of halogens is 2. The van der Waals surface area contributed by atoms with Gasteiger partial charge >= 0.3 is 5.97 Å². The predicted molar refractivity (Wildman–Crippen MR) is 89.1 cm³/mol. The molecule has 0 aliphatic rings. The van der Waals surface area contributed by atoms with Gasteiger partial charge in [0.2, 0.25) is 0 Å². The van der Waals surface area contributed by atoms with Gasteiger partial charge in [-0.2, -0.15) is 0 Å². The van der Waals surface area contributed by atoms with E-state index in [0.717, 1.165) is 0 Å². The first-order valence-electron chi connectivity index (χ1n) is 6.49. The van der Waals surface area contributed by atoms with E-state index in [-0.39, 0.29) is 0 Å². The lowest BCUT2D eigenvalue weighted by Gasteiger charge is -2.14. The number of carbonyl (C=O) groups is 2. The topological polar surface area (TPSA) is 55.4 Å². The maximum Gasteiger partial charge on any atom is 0.340 e. The molecule has 1 atom stereocenters. The molecule has 114 valence electrons. The third kappa shape index (κ3) is 4.32. The van der Waals surface area contributed by atoms with Crippen LogP contribution in [0, 0.1) is 0 Å². The van der Waals surface area contributed by atoms with Crippen molar-refractivity contribution in [3.63, 3.8) is 0 Å². The molecule has 2 aromatic carbocycles. The van der Waals surface area contributed by atoms with E-state index in [4.69, 9.17) is 16.3 Å². The molecule has 22 heavy (non-hydrogen) atoms. The van der Waals surface area contributed by atoms with Crippen LogP contribution in [0.5, 0.6) is 0 Å². The van der Waals surface area contributed by atoms with Crippen LogP contribution in [-0.4, -0.2) is 18.0 Å². The van der Waals surface area contributed by atoms with Crippen molar-refractivity contribution >= 4 is 45.1 Å². The molecule has 0 radical (unpaired) electrons. The lowest BCUT2D eigenvalue weighted by atomic mass is 10.2. The number of hydrogen-bond acceptors (Lipinski definition) is 3. The van der Waals surface area contributed by atoms with Crippen molar-refractivity contribution < 1.29 is 14.3 Å². The maximum absolute atomic E-state index is 12.0. The van der Waals surface area contributed by atoms with E-state index in [2.05, 4.69) is 21.2 Å². The molecular weight excluding hydrogens is 370 g/mol. The summed E-state index contributed by atoms with van der Waals surface area (Å²) in [4.78, 5) is 24.0. The number of anilines is 1. The average molecular weight is 383 g/mol. The summed E-state index contributed by atoms with van der Waals surface area (Å²) in [7, 11) is 0. The normalized spacial score (nSPS) is 11.6. The molecule has 2 rings (SSSR count). The summed E-state index contributed by atoms with van der Waals surface area (Å²) in [5.74, 6) is -0.978. The standard InChI is InChI=1S/C16H13BrClNO3/c1-10(15(20)19-12-8-6-11(18)7-9-12)22-16(21)13-4-2-3-5-14(13)17/h2-10H,1H3,(H,19,20). The molecule has 0 heterocycles. The van der Waals surface area contributed by atoms with Gasteiger partial charge in [-0.15, -0.1) is 0 Å². The van der Waals surface area contributed by atoms with Crippen molar-refractivity contribution in [3.8, 4) is 0 Å². The van der Waals surface area contributed by atoms with Crippen molar-refractivity contribution in [3.05, 3.63) is 63.6 Å². The Labute approximate surface area is 141 Å². The Morgan fingerprint density at radius 3 is 2.41 bits per heavy atom. The van der Waals surface area contributed by atoms with Crippen LogP contribution in [0.3, 0.4) is 0 Å². The lowest BCUT2D eigenvalue weighted by Crippen LogP contribution is -2.30. The van der Waals surface area contributed by atoms with E-state index in [1.165, 1.54) is 6.92 Å². The van der Waals surface area contributed by atoms with Gasteiger partial charge in [0.15, 0.2) is 6.10 Å². The molecule has 0 bridgehead atoms. The van der Waals surface area contributed by atoms with Crippen molar-refractivity contribution in [2.75, 3.05) is 5.32 Å². The Morgan fingerprint density at radius 2 is 1.77 bits per heavy atom. The minimum atomic E-state index is -0.921. The summed E-state index contributed by atoms with van der Waals surface area (Å²) in [5.41, 5.74) is 0.951. The van der Waals surface area contributed by atoms with Gasteiger partial charge in [0, 0.05) is 15.2 Å². The summed E-state index contributed by atoms with van der Waals surface area (Å²) in [5, 5.41) is 3.23. The molecule has 0 aromatic heterocycles. The van der Waals surface area contributed by atoms with Gasteiger partial charge in [0.05, 0.1) is 5.56 Å². The minimum Gasteiger partial charge on any atom is -0.449 e. The maximum atomic E-state index is 12.0. The van der Waals surface area contributed by atoms with E-state index in [1.54, 1.807) is 48.5 Å². The third-order valence-electron chi connectivity index (χ3n) is 2.86. The highest BCUT2D eigenvalue weighted by Gasteiger charge is 2.20. The number of benzene rings is 2. The van der Waals surface area contributed by atoms with Crippen molar-refractivity contribution in [2.45, 2.75) is 13.0 Å². The second kappa shape index (κ2) is 7.42. The number of nitrogens with one attached hydrogen (secondary N) is 1. The van der Waals surface area contributed by atoms with Crippen LogP contribution >= 0.6 is 27.5 Å². The van der Waals surface area contributed by atoms with Crippen molar-refractivity contribution in [2.24, 2.45) is 0 Å². The zero-order valence-corrected chi connectivity index (χ0v) is 14.0. The van der Waals surface area contributed by atoms with E-state index < -0.39 is 18.0 Å². The number of hydrogen-bond donors (Lipinski definition) is 1. The Bertz CT molecular complexity index is 688. The molecule has 0 spiro atoms. The van der Waals surface area contributed by atoms with Gasteiger partial charge in [0.1, 0.15) is 0 Å². The molecule has 0 aliphatic carbocycles. The zero-order valence-electron chi connectivity index (χ0n) is 11.7. The smallest absolute Gasteiger partial charge is 0.340 e. The van der Waals surface area contributed by atoms with Gasteiger partial charge in [0.25, 0.3) is 5.91 Å². The molecule has 0 saturated heterocycles. The summed E-state index contributed by atoms with van der Waals surface area (Å²) in [6.07, 6.45) is -0.921. The van der Waals surface area contributed by atoms with Crippen molar-refractivity contribution in [1.29, 1.82) is 0 Å². The highest BCUT2D eigenvalue weighted by Crippen LogP contribution is 2.18. The molecule has 0 saturated carbocycles. The fourth-order valence-corrected chi connectivity index (χ4v) is 2.25. The number of rotatable bonds is 4. The SMILES string of the molecule is CC(OC(=O)c1ccccc1Br)C(=O)Nc1ccc(Cl)cc1. The summed E-state index contributed by atoms with van der Waals surface area (Å²) in [6.45, 7) is 1.51. The molecule has 1 amide bonds. The molecule has 1 unspecified atom stereocenters. The van der Waals surface area contributed by atoms with E-state index in [1.807, 2.05) is 0 Å². The van der Waals surface area contributed by atoms with E-state index >= 15 is 0 Å². The van der Waals surface area contributed by atoms with Gasteiger partial charge in [-0.05, 0) is 59.3 Å². The van der Waals surface area contributed by atoms with Crippen LogP contribution in [0.2, 0.25) is 5.02 Å². The Kier molecular flexibility index (Phi) is 5.57. The van der Waals surface area contributed by atoms with E-state index in [0.29, 0.717) is 20.7 Å². The highest BCUT2D eigenvalue weighted by atomic mass is 79.9. The Balaban J connectivity index is 1.98. The minimum absolute atomic E-state index is 0.369. The molecule has 6 heteroatoms. The molecule has 2 aromatic rings. The first-order valence-corrected chi connectivity index (χ1v) is 7.66. The second-order valence-corrected chi connectivity index (χ2v) is 5.81. The first-order chi connectivity index (χ1) is 10.5. The second-order valence-electron chi connectivity index (χ2n) is 4.52. The first kappa shape index (κ1) is 16.5. The largest absolute Gasteiger partial charge is 0.449 e. The van der Waals surface area contributed by atoms with Crippen LogP contribution < -0.4 is 5.32 Å². The fraction of sp³-hybridized carbons (Fsp3) is 0.125. The average Bonchev–Trinajstić information content (AvgIpc) is 2.49. The van der Waals surface area contributed by atoms with Crippen LogP contribution in [-0.2, 0) is 9.53 Å². The van der Waals surface area contributed by atoms with Crippen molar-refractivity contribution in [1.82, 2.24) is 0 Å². The van der Waals surface area contributed by atoms with Gasteiger partial charge in [-0.25, -0.2) is 4.79 Å². The van der Waals surface area contributed by atoms with Crippen LogP contribution in [0.25, 0.3) is 0 Å². The molecule has 0 aliphatic heterocycles. The number of esters is 1. The third-order valence-corrected chi connectivity index (χ3v) is 3.80. The lowest BCUT2D eigenvalue weighted by molar-refractivity contribution is -0.123. The summed E-state index contributed by atoms with van der Waals surface area (Å²) in [6, 6.07) is 13.5. The van der Waals surface area contributed by atoms with Crippen LogP contribution in [0.4, 0.5) is 5.69 Å². The van der Waals surface area contributed by atoms with Crippen LogP contribution in [0.1, 0.15) is 17.3 Å². The zero-order chi connectivity index (χ0) is 16.1. The molecule has 4 nitrogen and oxygen atoms in total. The highest BCUT2D eigenvalue weighted by molar-refractivity contribution is 9.10. The fourth-order valence-electron chi connectivity index (χ4n) is 1.68. The van der Waals surface area contributed by atoms with E-state index in [9.17, 15) is 9.59 Å². The van der Waals surface area contributed by atoms with Gasteiger partial charge in [-0.3, -0.25) is 4.79 Å². The quantitative estimate of drug-likeness (QED) is 0.803. The number of carbonyl (C=O) groups excluding carboxylic acids is 2. The van der Waals surface area contributed by atoms with Crippen LogP contribution in [0.15, 0.2) is 53.0 Å². The Morgan fingerprint density at radius 1 is 1.14 bits per heavy atom. The molecule has 0 fully saturated rings. The Hall–Kier alpha value is -1.85. The number of ether oxygens (including phenoxy) is 1.